The number of ether oxygens (including phenoxy) is 2. The third-order valence-electron chi connectivity index (χ3n) is 8.73. The topological polar surface area (TPSA) is 145 Å². The van der Waals surface area contributed by atoms with Gasteiger partial charge in [0.15, 0.2) is 0 Å². The van der Waals surface area contributed by atoms with Crippen LogP contribution in [0.15, 0.2) is 42.7 Å². The van der Waals surface area contributed by atoms with E-state index in [2.05, 4.69) is 15.6 Å². The Balaban J connectivity index is 1.12. The van der Waals surface area contributed by atoms with Crippen molar-refractivity contribution in [3.05, 3.63) is 42.7 Å². The Kier molecular flexibility index (Phi) is 10.6. The second-order valence-corrected chi connectivity index (χ2v) is 14.4. The third-order valence-corrected chi connectivity index (χ3v) is 9.76. The predicted octanol–water partition coefficient (Wildman–Crippen LogP) is 3.35. The van der Waals surface area contributed by atoms with E-state index in [0.717, 1.165) is 42.4 Å². The van der Waals surface area contributed by atoms with E-state index in [1.165, 1.54) is 6.26 Å². The van der Waals surface area contributed by atoms with Crippen LogP contribution in [-0.2, 0) is 24.2 Å². The lowest BCUT2D eigenvalue weighted by Crippen LogP contribution is -2.46. The molecule has 2 fully saturated rings. The maximum Gasteiger partial charge on any atom is 0.323 e. The summed E-state index contributed by atoms with van der Waals surface area (Å²) >= 11 is 0. The van der Waals surface area contributed by atoms with E-state index in [0.29, 0.717) is 50.7 Å². The molecule has 1 amide bonds. The third kappa shape index (κ3) is 8.51. The van der Waals surface area contributed by atoms with Gasteiger partial charge in [0.2, 0.25) is 11.9 Å². The van der Waals surface area contributed by atoms with Gasteiger partial charge >= 0.3 is 5.97 Å². The van der Waals surface area contributed by atoms with E-state index in [1.54, 1.807) is 20.2 Å². The number of likely N-dealkylation sites (N-methyl/N-ethyl adjacent to an activating group) is 1. The molecule has 12 nitrogen and oxygen atoms in total. The maximum absolute atomic E-state index is 13.2. The van der Waals surface area contributed by atoms with Crippen molar-refractivity contribution in [3.8, 4) is 11.6 Å². The molecule has 1 saturated heterocycles. The lowest BCUT2D eigenvalue weighted by atomic mass is 9.85. The highest BCUT2D eigenvalue weighted by atomic mass is 32.2. The van der Waals surface area contributed by atoms with Crippen LogP contribution in [0.4, 0.5) is 5.95 Å². The molecule has 3 heterocycles. The highest BCUT2D eigenvalue weighted by Crippen LogP contribution is 2.31. The van der Waals surface area contributed by atoms with Crippen LogP contribution >= 0.6 is 0 Å². The van der Waals surface area contributed by atoms with Gasteiger partial charge in [-0.15, -0.1) is 0 Å². The van der Waals surface area contributed by atoms with Crippen LogP contribution in [0.25, 0.3) is 16.7 Å². The van der Waals surface area contributed by atoms with Gasteiger partial charge < -0.3 is 29.6 Å². The number of hydrogen-bond acceptors (Lipinski definition) is 10. The molecular weight excluding hydrogens is 596 g/mol. The SMILES string of the molecule is CN[C@@H](C)C(=O)OC1CCN(C(=O)C2CCC(Nc3nccc(-n4ccc5c(OCCCS(C)(=O)=O)cccc54)n3)CC2)CC1. The standard InChI is InChI=1S/C32H44N6O6S/c1-22(33-2)31(40)44-25-13-17-37(18-14-25)30(39)23-8-10-24(11-9-23)35-32-34-16-12-29(36-32)38-19-15-26-27(38)6-4-7-28(26)43-20-5-21-45(3,41)42/h4,6-7,12,15-16,19,22-25,33H,5,8-11,13-14,17-18,20-21H2,1-3H3,(H,34,35,36)/t22-,23?,24?/m0/s1. The summed E-state index contributed by atoms with van der Waals surface area (Å²) in [6, 6.07) is 9.44. The number of rotatable bonds is 12. The Bertz CT molecular complexity index is 1580. The number of hydrogen-bond donors (Lipinski definition) is 2. The lowest BCUT2D eigenvalue weighted by molar-refractivity contribution is -0.154. The van der Waals surface area contributed by atoms with Gasteiger partial charge in [-0.2, -0.15) is 4.98 Å². The molecule has 0 unspecified atom stereocenters. The Morgan fingerprint density at radius 1 is 1.07 bits per heavy atom. The highest BCUT2D eigenvalue weighted by Gasteiger charge is 2.33. The van der Waals surface area contributed by atoms with Crippen molar-refractivity contribution in [1.29, 1.82) is 0 Å². The Labute approximate surface area is 264 Å². The summed E-state index contributed by atoms with van der Waals surface area (Å²) in [6.45, 7) is 3.34. The van der Waals surface area contributed by atoms with Gasteiger partial charge in [0.05, 0.1) is 17.9 Å². The number of benzene rings is 1. The Morgan fingerprint density at radius 3 is 2.53 bits per heavy atom. The monoisotopic (exact) mass is 640 g/mol. The number of amides is 1. The van der Waals surface area contributed by atoms with Gasteiger partial charge in [-0.1, -0.05) is 6.07 Å². The molecule has 1 aliphatic heterocycles. The zero-order chi connectivity index (χ0) is 32.0. The average Bonchev–Trinajstić information content (AvgIpc) is 3.48. The van der Waals surface area contributed by atoms with Gasteiger partial charge in [-0.3, -0.25) is 9.59 Å². The minimum Gasteiger partial charge on any atom is -0.493 e. The van der Waals surface area contributed by atoms with Crippen molar-refractivity contribution in [1.82, 2.24) is 24.8 Å². The van der Waals surface area contributed by atoms with Crippen molar-refractivity contribution >= 4 is 38.6 Å². The Hall–Kier alpha value is -3.71. The zero-order valence-electron chi connectivity index (χ0n) is 26.3. The van der Waals surface area contributed by atoms with Crippen LogP contribution in [0.2, 0.25) is 0 Å². The first-order valence-corrected chi connectivity index (χ1v) is 17.8. The van der Waals surface area contributed by atoms with Gasteiger partial charge in [-0.25, -0.2) is 13.4 Å². The van der Waals surface area contributed by atoms with Crippen molar-refractivity contribution in [2.45, 2.75) is 70.1 Å². The molecule has 0 radical (unpaired) electrons. The quantitative estimate of drug-likeness (QED) is 0.223. The molecule has 1 aliphatic carbocycles. The van der Waals surface area contributed by atoms with E-state index in [4.69, 9.17) is 14.5 Å². The number of nitrogens with one attached hydrogen (secondary N) is 2. The van der Waals surface area contributed by atoms with Crippen molar-refractivity contribution in [2.24, 2.45) is 5.92 Å². The van der Waals surface area contributed by atoms with Crippen LogP contribution in [0.3, 0.4) is 0 Å². The number of sulfone groups is 1. The summed E-state index contributed by atoms with van der Waals surface area (Å²) in [5, 5.41) is 7.30. The molecule has 1 atom stereocenters. The van der Waals surface area contributed by atoms with E-state index in [-0.39, 0.29) is 41.7 Å². The molecule has 1 saturated carbocycles. The fourth-order valence-corrected chi connectivity index (χ4v) is 6.67. The normalized spacial score (nSPS) is 20.1. The highest BCUT2D eigenvalue weighted by molar-refractivity contribution is 7.90. The number of nitrogens with zero attached hydrogens (tertiary/aromatic N) is 4. The molecule has 45 heavy (non-hydrogen) atoms. The molecular formula is C32H44N6O6S. The molecule has 244 valence electrons. The Morgan fingerprint density at radius 2 is 1.82 bits per heavy atom. The second kappa shape index (κ2) is 14.6. The first kappa shape index (κ1) is 32.7. The first-order chi connectivity index (χ1) is 21.6. The van der Waals surface area contributed by atoms with E-state index in [9.17, 15) is 18.0 Å². The van der Waals surface area contributed by atoms with Gasteiger partial charge in [0.25, 0.3) is 0 Å². The molecule has 5 rings (SSSR count). The van der Waals surface area contributed by atoms with E-state index >= 15 is 0 Å². The summed E-state index contributed by atoms with van der Waals surface area (Å²) in [5.74, 6) is 2.02. The number of carbonyl (C=O) groups is 2. The van der Waals surface area contributed by atoms with Gasteiger partial charge in [0, 0.05) is 61.9 Å². The number of carbonyl (C=O) groups excluding carboxylic acids is 2. The van der Waals surface area contributed by atoms with E-state index < -0.39 is 9.84 Å². The molecule has 2 aliphatic rings. The smallest absolute Gasteiger partial charge is 0.323 e. The molecule has 0 spiro atoms. The van der Waals surface area contributed by atoms with E-state index in [1.807, 2.05) is 46.0 Å². The van der Waals surface area contributed by atoms with Crippen LogP contribution in [0.5, 0.6) is 5.75 Å². The summed E-state index contributed by atoms with van der Waals surface area (Å²) in [5.41, 5.74) is 0.925. The summed E-state index contributed by atoms with van der Waals surface area (Å²) in [6.07, 6.45) is 9.87. The maximum atomic E-state index is 13.2. The molecule has 2 N–H and O–H groups in total. The van der Waals surface area contributed by atoms with Crippen molar-refractivity contribution in [3.63, 3.8) is 0 Å². The summed E-state index contributed by atoms with van der Waals surface area (Å²) < 4.78 is 36.3. The fourth-order valence-electron chi connectivity index (χ4n) is 6.02. The van der Waals surface area contributed by atoms with Crippen LogP contribution < -0.4 is 15.4 Å². The number of piperidine rings is 1. The van der Waals surface area contributed by atoms with Gasteiger partial charge in [0.1, 0.15) is 33.6 Å². The minimum atomic E-state index is -3.02. The molecule has 1 aromatic carbocycles. The molecule has 13 heteroatoms. The fraction of sp³-hybridized carbons (Fsp3) is 0.562. The van der Waals surface area contributed by atoms with Crippen LogP contribution in [0.1, 0.15) is 51.9 Å². The van der Waals surface area contributed by atoms with Crippen LogP contribution in [-0.4, -0.2) is 96.7 Å². The van der Waals surface area contributed by atoms with Crippen molar-refractivity contribution in [2.75, 3.05) is 44.1 Å². The average molecular weight is 641 g/mol. The number of fused-ring (bicyclic) bond motifs is 1. The lowest BCUT2D eigenvalue weighted by Gasteiger charge is -2.36. The molecule has 0 bridgehead atoms. The number of esters is 1. The minimum absolute atomic E-state index is 0.00717. The number of anilines is 1. The summed E-state index contributed by atoms with van der Waals surface area (Å²) in [4.78, 5) is 36.5. The molecule has 2 aromatic heterocycles. The largest absolute Gasteiger partial charge is 0.493 e. The molecule has 3 aromatic rings. The number of aromatic nitrogens is 3. The second-order valence-electron chi connectivity index (χ2n) is 12.1. The first-order valence-electron chi connectivity index (χ1n) is 15.8. The summed E-state index contributed by atoms with van der Waals surface area (Å²) in [7, 11) is -1.29. The predicted molar refractivity (Wildman–Crippen MR) is 172 cm³/mol. The zero-order valence-corrected chi connectivity index (χ0v) is 27.1. The number of likely N-dealkylation sites (tertiary alicyclic amines) is 1. The van der Waals surface area contributed by atoms with Gasteiger partial charge in [-0.05, 0) is 70.3 Å². The van der Waals surface area contributed by atoms with Crippen molar-refractivity contribution < 1.29 is 27.5 Å². The van der Waals surface area contributed by atoms with Crippen LogP contribution in [0, 0.1) is 5.92 Å².